The third-order valence-corrected chi connectivity index (χ3v) is 11.2. The van der Waals surface area contributed by atoms with Crippen LogP contribution < -0.4 is 10.1 Å². The molecule has 0 unspecified atom stereocenters. The van der Waals surface area contributed by atoms with Crippen molar-refractivity contribution in [2.24, 2.45) is 5.92 Å². The van der Waals surface area contributed by atoms with Crippen LogP contribution in [0.5, 0.6) is 5.75 Å². The predicted molar refractivity (Wildman–Crippen MR) is 130 cm³/mol. The first-order valence-corrected chi connectivity index (χ1v) is 15.2. The average molecular weight is 544 g/mol. The van der Waals surface area contributed by atoms with Crippen molar-refractivity contribution >= 4 is 37.3 Å². The van der Waals surface area contributed by atoms with E-state index in [-0.39, 0.29) is 23.3 Å². The summed E-state index contributed by atoms with van der Waals surface area (Å²) in [5.74, 6) is 0.149. The number of hydrogen-bond acceptors (Lipinski definition) is 8. The van der Waals surface area contributed by atoms with Crippen LogP contribution in [-0.2, 0) is 29.6 Å². The summed E-state index contributed by atoms with van der Waals surface area (Å²) in [4.78, 5) is 12.7. The Hall–Kier alpha value is -2.03. The normalized spacial score (nSPS) is 18.9. The third kappa shape index (κ3) is 6.22. The van der Waals surface area contributed by atoms with E-state index in [4.69, 9.17) is 9.47 Å². The first-order valence-electron chi connectivity index (χ1n) is 11.4. The van der Waals surface area contributed by atoms with Gasteiger partial charge in [-0.1, -0.05) is 6.07 Å². The Morgan fingerprint density at radius 1 is 0.971 bits per heavy atom. The molecule has 1 amide bonds. The molecule has 2 aliphatic heterocycles. The number of morpholine rings is 1. The first kappa shape index (κ1) is 26.0. The highest BCUT2D eigenvalue weighted by atomic mass is 32.2. The second-order valence-corrected chi connectivity index (χ2v) is 13.3. The van der Waals surface area contributed by atoms with Crippen molar-refractivity contribution in [3.8, 4) is 5.75 Å². The van der Waals surface area contributed by atoms with Gasteiger partial charge in [0, 0.05) is 32.1 Å². The number of sulfonamides is 2. The van der Waals surface area contributed by atoms with Crippen molar-refractivity contribution in [2.45, 2.75) is 21.9 Å². The molecule has 10 nitrogen and oxygen atoms in total. The molecule has 2 saturated heterocycles. The number of carbonyl (C=O) groups is 1. The molecule has 1 aromatic heterocycles. The van der Waals surface area contributed by atoms with Gasteiger partial charge in [-0.25, -0.2) is 16.8 Å². The van der Waals surface area contributed by atoms with Crippen molar-refractivity contribution in [2.75, 3.05) is 52.5 Å². The monoisotopic (exact) mass is 543 g/mol. The van der Waals surface area contributed by atoms with Crippen molar-refractivity contribution in [3.05, 3.63) is 41.8 Å². The molecule has 2 fully saturated rings. The summed E-state index contributed by atoms with van der Waals surface area (Å²) in [6, 6.07) is 9.52. The largest absolute Gasteiger partial charge is 0.492 e. The van der Waals surface area contributed by atoms with Gasteiger partial charge in [-0.05, 0) is 48.6 Å². The zero-order chi connectivity index (χ0) is 24.9. The Kier molecular flexibility index (Phi) is 8.45. The van der Waals surface area contributed by atoms with Gasteiger partial charge >= 0.3 is 0 Å². The molecule has 2 aromatic rings. The Balaban J connectivity index is 1.19. The number of nitrogens with zero attached hydrogens (tertiary/aromatic N) is 2. The SMILES string of the molecule is O=C(NCCOc1ccc(S(=O)(=O)N2CCOCC2)cc1)C1CCN(S(=O)(=O)c2cccs2)CC1. The minimum atomic E-state index is -3.55. The lowest BCUT2D eigenvalue weighted by Crippen LogP contribution is -2.43. The maximum absolute atomic E-state index is 12.7. The van der Waals surface area contributed by atoms with Crippen LogP contribution in [0.15, 0.2) is 50.9 Å². The summed E-state index contributed by atoms with van der Waals surface area (Å²) in [6.45, 7) is 2.60. The molecule has 0 atom stereocenters. The van der Waals surface area contributed by atoms with Crippen LogP contribution in [-0.4, -0.2) is 83.9 Å². The van der Waals surface area contributed by atoms with Crippen LogP contribution >= 0.6 is 11.3 Å². The number of nitrogens with one attached hydrogen (secondary N) is 1. The maximum atomic E-state index is 12.7. The summed E-state index contributed by atoms with van der Waals surface area (Å²) in [5, 5.41) is 4.57. The van der Waals surface area contributed by atoms with Crippen molar-refractivity contribution in [1.82, 2.24) is 13.9 Å². The summed E-state index contributed by atoms with van der Waals surface area (Å²) < 4.78 is 64.6. The lowest BCUT2D eigenvalue weighted by molar-refractivity contribution is -0.126. The fraction of sp³-hybridized carbons (Fsp3) is 0.500. The van der Waals surface area contributed by atoms with E-state index in [0.717, 1.165) is 0 Å². The van der Waals surface area contributed by atoms with Crippen molar-refractivity contribution in [3.63, 3.8) is 0 Å². The maximum Gasteiger partial charge on any atom is 0.252 e. The van der Waals surface area contributed by atoms with Crippen LogP contribution in [0, 0.1) is 5.92 Å². The van der Waals surface area contributed by atoms with Gasteiger partial charge in [0.25, 0.3) is 10.0 Å². The molecule has 0 radical (unpaired) electrons. The molecule has 0 saturated carbocycles. The molecule has 3 heterocycles. The average Bonchev–Trinajstić information content (AvgIpc) is 3.44. The Morgan fingerprint density at radius 3 is 2.26 bits per heavy atom. The van der Waals surface area contributed by atoms with E-state index >= 15 is 0 Å². The quantitative estimate of drug-likeness (QED) is 0.474. The fourth-order valence-electron chi connectivity index (χ4n) is 4.03. The Morgan fingerprint density at radius 2 is 1.63 bits per heavy atom. The minimum absolute atomic E-state index is 0.117. The number of piperidine rings is 1. The zero-order valence-corrected chi connectivity index (χ0v) is 21.6. The van der Waals surface area contributed by atoms with E-state index in [0.29, 0.717) is 68.7 Å². The molecule has 1 N–H and O–H groups in total. The number of hydrogen-bond donors (Lipinski definition) is 1. The summed E-state index contributed by atoms with van der Waals surface area (Å²) >= 11 is 1.19. The molecule has 2 aliphatic rings. The second kappa shape index (κ2) is 11.4. The minimum Gasteiger partial charge on any atom is -0.492 e. The van der Waals surface area contributed by atoms with Gasteiger partial charge in [0.15, 0.2) is 0 Å². The van der Waals surface area contributed by atoms with Gasteiger partial charge in [0.2, 0.25) is 15.9 Å². The van der Waals surface area contributed by atoms with E-state index in [2.05, 4.69) is 5.32 Å². The number of rotatable bonds is 9. The van der Waals surface area contributed by atoms with Crippen LogP contribution in [0.3, 0.4) is 0 Å². The molecule has 1 aromatic carbocycles. The van der Waals surface area contributed by atoms with Crippen molar-refractivity contribution in [1.29, 1.82) is 0 Å². The third-order valence-electron chi connectivity index (χ3n) is 6.02. The van der Waals surface area contributed by atoms with E-state index in [1.54, 1.807) is 29.6 Å². The number of amides is 1. The topological polar surface area (TPSA) is 122 Å². The molecule has 13 heteroatoms. The molecular formula is C22H29N3O7S3. The van der Waals surface area contributed by atoms with Crippen LogP contribution in [0.2, 0.25) is 0 Å². The van der Waals surface area contributed by atoms with Gasteiger partial charge in [0.05, 0.1) is 24.7 Å². The summed E-state index contributed by atoms with van der Waals surface area (Å²) in [5.41, 5.74) is 0. The van der Waals surface area contributed by atoms with Gasteiger partial charge < -0.3 is 14.8 Å². The van der Waals surface area contributed by atoms with Crippen molar-refractivity contribution < 1.29 is 31.1 Å². The van der Waals surface area contributed by atoms with Gasteiger partial charge in [-0.15, -0.1) is 11.3 Å². The standard InChI is InChI=1S/C22H29N3O7S3/c26-22(18-7-10-24(11-8-18)35(29,30)21-2-1-17-33-21)23-9-14-32-19-3-5-20(6-4-19)34(27,28)25-12-15-31-16-13-25/h1-6,17-18H,7-16H2,(H,23,26). The van der Waals surface area contributed by atoms with Gasteiger partial charge in [0.1, 0.15) is 16.6 Å². The van der Waals surface area contributed by atoms with Crippen LogP contribution in [0.4, 0.5) is 0 Å². The zero-order valence-electron chi connectivity index (χ0n) is 19.2. The number of thiophene rings is 1. The lowest BCUT2D eigenvalue weighted by atomic mass is 9.97. The molecule has 0 bridgehead atoms. The van der Waals surface area contributed by atoms with E-state index in [9.17, 15) is 21.6 Å². The summed E-state index contributed by atoms with van der Waals surface area (Å²) in [7, 11) is -7.04. The molecule has 0 aliphatic carbocycles. The highest BCUT2D eigenvalue weighted by molar-refractivity contribution is 7.91. The lowest BCUT2D eigenvalue weighted by Gasteiger charge is -2.30. The smallest absolute Gasteiger partial charge is 0.252 e. The Bertz CT molecular complexity index is 1190. The second-order valence-electron chi connectivity index (χ2n) is 8.24. The van der Waals surface area contributed by atoms with E-state index < -0.39 is 20.0 Å². The van der Waals surface area contributed by atoms with Gasteiger partial charge in [-0.3, -0.25) is 4.79 Å². The Labute approximate surface area is 209 Å². The van der Waals surface area contributed by atoms with Crippen LogP contribution in [0.25, 0.3) is 0 Å². The number of carbonyl (C=O) groups excluding carboxylic acids is 1. The fourth-order valence-corrected chi connectivity index (χ4v) is 8.05. The van der Waals surface area contributed by atoms with E-state index in [1.165, 1.54) is 32.1 Å². The predicted octanol–water partition coefficient (Wildman–Crippen LogP) is 1.36. The summed E-state index contributed by atoms with van der Waals surface area (Å²) in [6.07, 6.45) is 0.937. The van der Waals surface area contributed by atoms with Gasteiger partial charge in [-0.2, -0.15) is 8.61 Å². The number of ether oxygens (including phenoxy) is 2. The molecule has 4 rings (SSSR count). The molecule has 35 heavy (non-hydrogen) atoms. The first-order chi connectivity index (χ1) is 16.8. The molecular weight excluding hydrogens is 514 g/mol. The van der Waals surface area contributed by atoms with E-state index in [1.807, 2.05) is 0 Å². The van der Waals surface area contributed by atoms with Crippen LogP contribution in [0.1, 0.15) is 12.8 Å². The highest BCUT2D eigenvalue weighted by Gasteiger charge is 2.32. The molecule has 0 spiro atoms. The molecule has 192 valence electrons. The number of benzene rings is 1. The highest BCUT2D eigenvalue weighted by Crippen LogP contribution is 2.26.